The molecular formula is C14H21BrClN. The van der Waals surface area contributed by atoms with E-state index in [1.54, 1.807) is 0 Å². The first-order valence-electron chi connectivity index (χ1n) is 6.09. The highest BCUT2D eigenvalue weighted by Gasteiger charge is 2.23. The smallest absolute Gasteiger partial charge is 0.0449 e. The third-order valence-electron chi connectivity index (χ3n) is 3.09. The highest BCUT2D eigenvalue weighted by atomic mass is 79.9. The standard InChI is InChI=1S/C14H21BrClN/c1-4-7-14(2,10-17-3)9-11-5-6-12(15)8-13(11)16/h5-6,8,17H,4,7,9-10H2,1-3H3. The number of nitrogens with one attached hydrogen (secondary N) is 1. The van der Waals surface area contributed by atoms with Gasteiger partial charge in [0.1, 0.15) is 0 Å². The molecule has 1 atom stereocenters. The Morgan fingerprint density at radius 2 is 2.12 bits per heavy atom. The van der Waals surface area contributed by atoms with E-state index in [-0.39, 0.29) is 5.41 Å². The van der Waals surface area contributed by atoms with Crippen LogP contribution in [0.2, 0.25) is 5.02 Å². The van der Waals surface area contributed by atoms with E-state index >= 15 is 0 Å². The molecule has 96 valence electrons. The first-order chi connectivity index (χ1) is 8.00. The molecule has 0 aromatic heterocycles. The van der Waals surface area contributed by atoms with E-state index in [4.69, 9.17) is 11.6 Å². The Labute approximate surface area is 118 Å². The van der Waals surface area contributed by atoms with E-state index in [0.29, 0.717) is 0 Å². The van der Waals surface area contributed by atoms with Crippen molar-refractivity contribution in [2.24, 2.45) is 5.41 Å². The summed E-state index contributed by atoms with van der Waals surface area (Å²) in [6, 6.07) is 6.16. The van der Waals surface area contributed by atoms with E-state index in [9.17, 15) is 0 Å². The minimum Gasteiger partial charge on any atom is -0.319 e. The van der Waals surface area contributed by atoms with Crippen molar-refractivity contribution < 1.29 is 0 Å². The first kappa shape index (κ1) is 15.0. The largest absolute Gasteiger partial charge is 0.319 e. The molecule has 1 aromatic rings. The van der Waals surface area contributed by atoms with Crippen molar-refractivity contribution in [2.45, 2.75) is 33.1 Å². The summed E-state index contributed by atoms with van der Waals surface area (Å²) in [6.45, 7) is 5.58. The van der Waals surface area contributed by atoms with E-state index < -0.39 is 0 Å². The van der Waals surface area contributed by atoms with Gasteiger partial charge in [0.2, 0.25) is 0 Å². The average Bonchev–Trinajstić information content (AvgIpc) is 2.23. The van der Waals surface area contributed by atoms with Gasteiger partial charge in [-0.2, -0.15) is 0 Å². The summed E-state index contributed by atoms with van der Waals surface area (Å²) in [5.74, 6) is 0. The van der Waals surface area contributed by atoms with Crippen molar-refractivity contribution in [1.29, 1.82) is 0 Å². The fourth-order valence-electron chi connectivity index (χ4n) is 2.39. The van der Waals surface area contributed by atoms with Gasteiger partial charge >= 0.3 is 0 Å². The summed E-state index contributed by atoms with van der Waals surface area (Å²) in [7, 11) is 2.01. The van der Waals surface area contributed by atoms with Crippen LogP contribution in [-0.4, -0.2) is 13.6 Å². The Bertz CT molecular complexity index is 359. The number of hydrogen-bond donors (Lipinski definition) is 1. The van der Waals surface area contributed by atoms with Gasteiger partial charge in [0.15, 0.2) is 0 Å². The Hall–Kier alpha value is -0.0500. The van der Waals surface area contributed by atoms with Gasteiger partial charge in [0.25, 0.3) is 0 Å². The molecule has 1 aromatic carbocycles. The third kappa shape index (κ3) is 4.61. The monoisotopic (exact) mass is 317 g/mol. The molecular weight excluding hydrogens is 298 g/mol. The Morgan fingerprint density at radius 1 is 1.41 bits per heavy atom. The van der Waals surface area contributed by atoms with Crippen LogP contribution < -0.4 is 5.32 Å². The minimum atomic E-state index is 0.279. The van der Waals surface area contributed by atoms with E-state index in [1.807, 2.05) is 13.1 Å². The molecule has 1 unspecified atom stereocenters. The zero-order valence-corrected chi connectivity index (χ0v) is 13.2. The first-order valence-corrected chi connectivity index (χ1v) is 7.26. The van der Waals surface area contributed by atoms with Gasteiger partial charge in [-0.15, -0.1) is 0 Å². The Balaban J connectivity index is 2.85. The molecule has 1 N–H and O–H groups in total. The molecule has 3 heteroatoms. The van der Waals surface area contributed by atoms with Gasteiger partial charge in [-0.25, -0.2) is 0 Å². The van der Waals surface area contributed by atoms with Crippen LogP contribution in [0.5, 0.6) is 0 Å². The van der Waals surface area contributed by atoms with Gasteiger partial charge in [-0.1, -0.05) is 53.9 Å². The second-order valence-corrected chi connectivity index (χ2v) is 6.33. The van der Waals surface area contributed by atoms with Crippen LogP contribution in [0.1, 0.15) is 32.3 Å². The minimum absolute atomic E-state index is 0.279. The molecule has 17 heavy (non-hydrogen) atoms. The Morgan fingerprint density at radius 3 is 2.65 bits per heavy atom. The van der Waals surface area contributed by atoms with Crippen LogP contribution >= 0.6 is 27.5 Å². The van der Waals surface area contributed by atoms with Crippen LogP contribution in [0.25, 0.3) is 0 Å². The summed E-state index contributed by atoms with van der Waals surface area (Å²) in [4.78, 5) is 0. The van der Waals surface area contributed by atoms with Gasteiger partial charge in [-0.05, 0) is 43.0 Å². The highest BCUT2D eigenvalue weighted by molar-refractivity contribution is 9.10. The van der Waals surface area contributed by atoms with Crippen LogP contribution in [0.3, 0.4) is 0 Å². The molecule has 0 aliphatic rings. The van der Waals surface area contributed by atoms with Gasteiger partial charge < -0.3 is 5.32 Å². The SMILES string of the molecule is CCCC(C)(CNC)Cc1ccc(Br)cc1Cl. The Kier molecular flexibility index (Phi) is 5.98. The van der Waals surface area contributed by atoms with Gasteiger partial charge in [0, 0.05) is 16.0 Å². The summed E-state index contributed by atoms with van der Waals surface area (Å²) in [5, 5.41) is 4.15. The van der Waals surface area contributed by atoms with Crippen LogP contribution in [0.4, 0.5) is 0 Å². The number of rotatable bonds is 6. The van der Waals surface area contributed by atoms with Crippen LogP contribution in [0, 0.1) is 5.41 Å². The summed E-state index contributed by atoms with van der Waals surface area (Å²) >= 11 is 9.73. The van der Waals surface area contributed by atoms with Crippen molar-refractivity contribution >= 4 is 27.5 Å². The molecule has 0 saturated heterocycles. The number of benzene rings is 1. The molecule has 0 amide bonds. The summed E-state index contributed by atoms with van der Waals surface area (Å²) < 4.78 is 1.04. The average molecular weight is 319 g/mol. The molecule has 0 spiro atoms. The molecule has 0 aliphatic carbocycles. The quantitative estimate of drug-likeness (QED) is 0.803. The summed E-state index contributed by atoms with van der Waals surface area (Å²) in [5.41, 5.74) is 1.52. The fourth-order valence-corrected chi connectivity index (χ4v) is 3.13. The third-order valence-corrected chi connectivity index (χ3v) is 3.93. The normalized spacial score (nSPS) is 14.6. The number of halogens is 2. The number of hydrogen-bond acceptors (Lipinski definition) is 1. The van der Waals surface area contributed by atoms with Crippen molar-refractivity contribution in [2.75, 3.05) is 13.6 Å². The van der Waals surface area contributed by atoms with Crippen LogP contribution in [0.15, 0.2) is 22.7 Å². The van der Waals surface area contributed by atoms with Crippen molar-refractivity contribution in [3.05, 3.63) is 33.3 Å². The molecule has 0 saturated carbocycles. The second-order valence-electron chi connectivity index (χ2n) is 5.00. The molecule has 1 nitrogen and oxygen atoms in total. The maximum absolute atomic E-state index is 6.29. The van der Waals surface area contributed by atoms with Gasteiger partial charge in [-0.3, -0.25) is 0 Å². The lowest BCUT2D eigenvalue weighted by molar-refractivity contribution is 0.283. The van der Waals surface area contributed by atoms with Crippen molar-refractivity contribution in [3.8, 4) is 0 Å². The van der Waals surface area contributed by atoms with Gasteiger partial charge in [0.05, 0.1) is 0 Å². The van der Waals surface area contributed by atoms with Crippen molar-refractivity contribution in [1.82, 2.24) is 5.32 Å². The lowest BCUT2D eigenvalue weighted by Crippen LogP contribution is -2.31. The van der Waals surface area contributed by atoms with Crippen molar-refractivity contribution in [3.63, 3.8) is 0 Å². The molecule has 0 radical (unpaired) electrons. The topological polar surface area (TPSA) is 12.0 Å². The van der Waals surface area contributed by atoms with E-state index in [1.165, 1.54) is 18.4 Å². The van der Waals surface area contributed by atoms with E-state index in [2.05, 4.69) is 47.2 Å². The zero-order valence-electron chi connectivity index (χ0n) is 10.8. The lowest BCUT2D eigenvalue weighted by Gasteiger charge is -2.29. The second kappa shape index (κ2) is 6.77. The predicted molar refractivity (Wildman–Crippen MR) is 79.8 cm³/mol. The molecule has 0 aliphatic heterocycles. The molecule has 1 rings (SSSR count). The zero-order chi connectivity index (χ0) is 12.9. The van der Waals surface area contributed by atoms with Crippen LogP contribution in [-0.2, 0) is 6.42 Å². The molecule has 0 bridgehead atoms. The molecule has 0 fully saturated rings. The fraction of sp³-hybridized carbons (Fsp3) is 0.571. The summed E-state index contributed by atoms with van der Waals surface area (Å²) in [6.07, 6.45) is 3.43. The lowest BCUT2D eigenvalue weighted by atomic mass is 9.79. The maximum atomic E-state index is 6.29. The maximum Gasteiger partial charge on any atom is 0.0449 e. The predicted octanol–water partition coefficient (Wildman–Crippen LogP) is 4.67. The molecule has 0 heterocycles. The van der Waals surface area contributed by atoms with E-state index in [0.717, 1.165) is 22.5 Å². The highest BCUT2D eigenvalue weighted by Crippen LogP contribution is 2.31.